The molecule has 3 rings (SSSR count). The third-order valence-corrected chi connectivity index (χ3v) is 4.06. The number of ether oxygens (including phenoxy) is 1. The van der Waals surface area contributed by atoms with Crippen LogP contribution in [0.1, 0.15) is 44.2 Å². The number of benzene rings is 1. The van der Waals surface area contributed by atoms with Gasteiger partial charge in [-0.1, -0.05) is 26.0 Å². The molecule has 1 fully saturated rings. The second kappa shape index (κ2) is 4.02. The normalized spacial score (nSPS) is 25.9. The molecule has 0 spiro atoms. The van der Waals surface area contributed by atoms with Crippen LogP contribution in [-0.4, -0.2) is 6.10 Å². The number of hydrogen-bond acceptors (Lipinski definition) is 2. The molecule has 1 aromatic rings. The maximum absolute atomic E-state index is 6.21. The monoisotopic (exact) mass is 231 g/mol. The fraction of sp³-hybridized carbons (Fsp3) is 0.600. The lowest BCUT2D eigenvalue weighted by Crippen LogP contribution is -2.15. The van der Waals surface area contributed by atoms with Gasteiger partial charge in [-0.2, -0.15) is 0 Å². The molecule has 1 aromatic carbocycles. The minimum Gasteiger partial charge on any atom is -0.490 e. The first-order valence-electron chi connectivity index (χ1n) is 6.62. The molecule has 1 saturated carbocycles. The number of rotatable bonds is 2. The molecule has 1 aliphatic carbocycles. The first-order valence-corrected chi connectivity index (χ1v) is 6.62. The Morgan fingerprint density at radius 3 is 2.94 bits per heavy atom. The average Bonchev–Trinajstić information content (AvgIpc) is 2.85. The summed E-state index contributed by atoms with van der Waals surface area (Å²) in [5.74, 6) is 1.11. The molecular weight excluding hydrogens is 210 g/mol. The molecule has 17 heavy (non-hydrogen) atoms. The molecule has 2 aliphatic rings. The molecular formula is C15H21NO. The summed E-state index contributed by atoms with van der Waals surface area (Å²) in [6.45, 7) is 6.63. The van der Waals surface area contributed by atoms with Crippen molar-refractivity contribution in [1.82, 2.24) is 5.32 Å². The van der Waals surface area contributed by atoms with Crippen LogP contribution in [0.5, 0.6) is 5.75 Å². The molecule has 1 N–H and O–H groups in total. The summed E-state index contributed by atoms with van der Waals surface area (Å²) in [5, 5.41) is 3.39. The van der Waals surface area contributed by atoms with E-state index in [1.54, 1.807) is 0 Å². The Kier molecular flexibility index (Phi) is 2.62. The Hall–Kier alpha value is -1.02. The van der Waals surface area contributed by atoms with Crippen molar-refractivity contribution in [2.45, 2.75) is 52.3 Å². The van der Waals surface area contributed by atoms with Crippen LogP contribution in [0, 0.1) is 5.41 Å². The lowest BCUT2D eigenvalue weighted by molar-refractivity contribution is 0.191. The van der Waals surface area contributed by atoms with Crippen molar-refractivity contribution >= 4 is 0 Å². The summed E-state index contributed by atoms with van der Waals surface area (Å²) < 4.78 is 6.21. The predicted molar refractivity (Wildman–Crippen MR) is 69.0 cm³/mol. The molecule has 0 saturated heterocycles. The molecule has 1 aliphatic heterocycles. The van der Waals surface area contributed by atoms with Crippen LogP contribution in [0.3, 0.4) is 0 Å². The Morgan fingerprint density at radius 1 is 1.29 bits per heavy atom. The molecule has 0 bridgehead atoms. The van der Waals surface area contributed by atoms with Gasteiger partial charge in [-0.25, -0.2) is 0 Å². The van der Waals surface area contributed by atoms with E-state index in [1.807, 2.05) is 0 Å². The van der Waals surface area contributed by atoms with Crippen LogP contribution in [0.4, 0.5) is 0 Å². The molecule has 1 heterocycles. The van der Waals surface area contributed by atoms with Gasteiger partial charge in [0.25, 0.3) is 0 Å². The Balaban J connectivity index is 1.76. The van der Waals surface area contributed by atoms with Crippen LogP contribution in [0.2, 0.25) is 0 Å². The minimum atomic E-state index is 0.414. The van der Waals surface area contributed by atoms with Gasteiger partial charge in [-0.3, -0.25) is 0 Å². The first kappa shape index (κ1) is 11.1. The number of fused-ring (bicyclic) bond motifs is 1. The van der Waals surface area contributed by atoms with Gasteiger partial charge in [0.1, 0.15) is 5.75 Å². The summed E-state index contributed by atoms with van der Waals surface area (Å²) in [5.41, 5.74) is 3.23. The standard InChI is InChI=1S/C15H21NO/c1-15(2)7-6-12(8-15)17-14-5-3-4-11-9-16-10-13(11)14/h3-5,12,16H,6-10H2,1-2H3. The Morgan fingerprint density at radius 2 is 2.18 bits per heavy atom. The van der Waals surface area contributed by atoms with Gasteiger partial charge in [0.15, 0.2) is 0 Å². The summed E-state index contributed by atoms with van der Waals surface area (Å²) in [7, 11) is 0. The van der Waals surface area contributed by atoms with Crippen molar-refractivity contribution in [3.8, 4) is 5.75 Å². The van der Waals surface area contributed by atoms with Crippen LogP contribution in [0.15, 0.2) is 18.2 Å². The van der Waals surface area contributed by atoms with Gasteiger partial charge in [-0.15, -0.1) is 0 Å². The molecule has 2 nitrogen and oxygen atoms in total. The highest BCUT2D eigenvalue weighted by Crippen LogP contribution is 2.39. The Labute approximate surface area is 103 Å². The van der Waals surface area contributed by atoms with E-state index in [4.69, 9.17) is 4.74 Å². The number of hydrogen-bond donors (Lipinski definition) is 1. The lowest BCUT2D eigenvalue weighted by Gasteiger charge is -2.19. The van der Waals surface area contributed by atoms with E-state index >= 15 is 0 Å². The highest BCUT2D eigenvalue weighted by atomic mass is 16.5. The molecule has 0 amide bonds. The van der Waals surface area contributed by atoms with Gasteiger partial charge in [0.05, 0.1) is 6.10 Å². The van der Waals surface area contributed by atoms with Crippen molar-refractivity contribution in [1.29, 1.82) is 0 Å². The second-order valence-corrected chi connectivity index (χ2v) is 6.14. The van der Waals surface area contributed by atoms with Crippen LogP contribution < -0.4 is 10.1 Å². The average molecular weight is 231 g/mol. The quantitative estimate of drug-likeness (QED) is 0.843. The van der Waals surface area contributed by atoms with Crippen LogP contribution in [-0.2, 0) is 13.1 Å². The van der Waals surface area contributed by atoms with Crippen molar-refractivity contribution in [2.24, 2.45) is 5.41 Å². The SMILES string of the molecule is CC1(C)CCC(Oc2cccc3c2CNC3)C1. The summed E-state index contributed by atoms with van der Waals surface area (Å²) in [4.78, 5) is 0. The smallest absolute Gasteiger partial charge is 0.124 e. The third-order valence-electron chi connectivity index (χ3n) is 4.06. The van der Waals surface area contributed by atoms with E-state index in [0.29, 0.717) is 11.5 Å². The van der Waals surface area contributed by atoms with Gasteiger partial charge in [0, 0.05) is 18.7 Å². The summed E-state index contributed by atoms with van der Waals surface area (Å²) >= 11 is 0. The van der Waals surface area contributed by atoms with E-state index in [0.717, 1.165) is 18.8 Å². The predicted octanol–water partition coefficient (Wildman–Crippen LogP) is 3.25. The second-order valence-electron chi connectivity index (χ2n) is 6.14. The molecule has 0 aromatic heterocycles. The van der Waals surface area contributed by atoms with Crippen LogP contribution >= 0.6 is 0 Å². The highest BCUT2D eigenvalue weighted by molar-refractivity contribution is 5.42. The van der Waals surface area contributed by atoms with Gasteiger partial charge >= 0.3 is 0 Å². The Bertz CT molecular complexity index is 425. The van der Waals surface area contributed by atoms with Crippen molar-refractivity contribution in [3.63, 3.8) is 0 Å². The molecule has 1 unspecified atom stereocenters. The lowest BCUT2D eigenvalue weighted by atomic mass is 9.92. The summed E-state index contributed by atoms with van der Waals surface area (Å²) in [6, 6.07) is 6.43. The fourth-order valence-electron chi connectivity index (χ4n) is 3.06. The first-order chi connectivity index (χ1) is 8.14. The minimum absolute atomic E-state index is 0.414. The van der Waals surface area contributed by atoms with Crippen molar-refractivity contribution < 1.29 is 4.74 Å². The van der Waals surface area contributed by atoms with E-state index in [-0.39, 0.29) is 0 Å². The van der Waals surface area contributed by atoms with Gasteiger partial charge in [-0.05, 0) is 36.3 Å². The summed E-state index contributed by atoms with van der Waals surface area (Å²) in [6.07, 6.45) is 4.08. The largest absolute Gasteiger partial charge is 0.490 e. The van der Waals surface area contributed by atoms with E-state index in [1.165, 1.54) is 30.4 Å². The maximum Gasteiger partial charge on any atom is 0.124 e. The molecule has 2 heteroatoms. The van der Waals surface area contributed by atoms with E-state index in [9.17, 15) is 0 Å². The van der Waals surface area contributed by atoms with Crippen LogP contribution in [0.25, 0.3) is 0 Å². The van der Waals surface area contributed by atoms with E-state index in [2.05, 4.69) is 37.4 Å². The van der Waals surface area contributed by atoms with Crippen molar-refractivity contribution in [3.05, 3.63) is 29.3 Å². The van der Waals surface area contributed by atoms with E-state index < -0.39 is 0 Å². The van der Waals surface area contributed by atoms with Gasteiger partial charge < -0.3 is 10.1 Å². The van der Waals surface area contributed by atoms with Crippen molar-refractivity contribution in [2.75, 3.05) is 0 Å². The molecule has 92 valence electrons. The zero-order chi connectivity index (χ0) is 11.9. The fourth-order valence-corrected chi connectivity index (χ4v) is 3.06. The highest BCUT2D eigenvalue weighted by Gasteiger charge is 2.32. The third kappa shape index (κ3) is 2.19. The maximum atomic E-state index is 6.21. The molecule has 0 radical (unpaired) electrons. The molecule has 1 atom stereocenters. The van der Waals surface area contributed by atoms with Gasteiger partial charge in [0.2, 0.25) is 0 Å². The topological polar surface area (TPSA) is 21.3 Å². The zero-order valence-electron chi connectivity index (χ0n) is 10.8. The number of nitrogens with one attached hydrogen (secondary N) is 1. The zero-order valence-corrected chi connectivity index (χ0v) is 10.8.